The van der Waals surface area contributed by atoms with Gasteiger partial charge in [-0.1, -0.05) is 280 Å². The topological polar surface area (TPSA) is 78.9 Å². The molecule has 1 atom stereocenters. The van der Waals surface area contributed by atoms with Gasteiger partial charge >= 0.3 is 17.9 Å². The number of carbonyl (C=O) groups excluding carboxylic acids is 3. The lowest BCUT2D eigenvalue weighted by atomic mass is 10.0. The number of allylic oxidation sites excluding steroid dienone is 12. The van der Waals surface area contributed by atoms with E-state index in [1.165, 1.54) is 205 Å². The summed E-state index contributed by atoms with van der Waals surface area (Å²) in [7, 11) is 0. The normalized spacial score (nSPS) is 12.5. The highest BCUT2D eigenvalue weighted by Crippen LogP contribution is 2.17. The summed E-state index contributed by atoms with van der Waals surface area (Å²) >= 11 is 0. The van der Waals surface area contributed by atoms with Gasteiger partial charge < -0.3 is 14.2 Å². The molecule has 0 aliphatic heterocycles. The van der Waals surface area contributed by atoms with E-state index in [-0.39, 0.29) is 31.1 Å². The van der Waals surface area contributed by atoms with Crippen LogP contribution in [-0.2, 0) is 28.6 Å². The molecule has 1 unspecified atom stereocenters. The second kappa shape index (κ2) is 64.4. The molecule has 76 heavy (non-hydrogen) atoms. The van der Waals surface area contributed by atoms with Crippen LogP contribution >= 0.6 is 0 Å². The Bertz CT molecular complexity index is 1400. The van der Waals surface area contributed by atoms with E-state index in [9.17, 15) is 14.4 Å². The highest BCUT2D eigenvalue weighted by Gasteiger charge is 2.19. The number of rotatable bonds is 60. The van der Waals surface area contributed by atoms with Crippen LogP contribution in [-0.4, -0.2) is 37.2 Å². The van der Waals surface area contributed by atoms with Crippen molar-refractivity contribution >= 4 is 17.9 Å². The second-order valence-electron chi connectivity index (χ2n) is 22.0. The summed E-state index contributed by atoms with van der Waals surface area (Å²) in [4.78, 5) is 38.3. The summed E-state index contributed by atoms with van der Waals surface area (Å²) in [5.74, 6) is -0.872. The van der Waals surface area contributed by atoms with Crippen molar-refractivity contribution in [3.63, 3.8) is 0 Å². The van der Waals surface area contributed by atoms with Gasteiger partial charge in [-0.05, 0) is 109 Å². The van der Waals surface area contributed by atoms with E-state index >= 15 is 0 Å². The van der Waals surface area contributed by atoms with Gasteiger partial charge in [-0.3, -0.25) is 14.4 Å². The fraction of sp³-hybridized carbons (Fsp3) is 0.786. The van der Waals surface area contributed by atoms with E-state index in [0.29, 0.717) is 19.3 Å². The lowest BCUT2D eigenvalue weighted by Crippen LogP contribution is -2.30. The lowest BCUT2D eigenvalue weighted by molar-refractivity contribution is -0.167. The van der Waals surface area contributed by atoms with Gasteiger partial charge in [-0.15, -0.1) is 0 Å². The summed E-state index contributed by atoms with van der Waals surface area (Å²) in [6.45, 7) is 6.53. The molecule has 0 rings (SSSR count). The van der Waals surface area contributed by atoms with Gasteiger partial charge in [0.15, 0.2) is 6.10 Å². The molecule has 0 saturated carbocycles. The van der Waals surface area contributed by atoms with Crippen LogP contribution in [0.5, 0.6) is 0 Å². The third-order valence-corrected chi connectivity index (χ3v) is 14.4. The predicted octanol–water partition coefficient (Wildman–Crippen LogP) is 22.5. The average molecular weight is 1060 g/mol. The van der Waals surface area contributed by atoms with E-state index in [2.05, 4.69) is 93.7 Å². The predicted molar refractivity (Wildman–Crippen MR) is 330 cm³/mol. The first-order chi connectivity index (χ1) is 37.5. The Morgan fingerprint density at radius 2 is 0.513 bits per heavy atom. The number of hydrogen-bond acceptors (Lipinski definition) is 6. The van der Waals surface area contributed by atoms with Gasteiger partial charge in [-0.25, -0.2) is 0 Å². The van der Waals surface area contributed by atoms with Crippen LogP contribution < -0.4 is 0 Å². The Kier molecular flexibility index (Phi) is 61.7. The van der Waals surface area contributed by atoms with Crippen LogP contribution in [0.3, 0.4) is 0 Å². The van der Waals surface area contributed by atoms with Crippen molar-refractivity contribution in [3.05, 3.63) is 72.9 Å². The average Bonchev–Trinajstić information content (AvgIpc) is 3.42. The second-order valence-corrected chi connectivity index (χ2v) is 22.0. The molecule has 0 fully saturated rings. The first-order valence-corrected chi connectivity index (χ1v) is 32.9. The monoisotopic (exact) mass is 1060 g/mol. The Labute approximate surface area is 472 Å². The zero-order valence-corrected chi connectivity index (χ0v) is 50.5. The number of esters is 3. The molecule has 0 heterocycles. The minimum Gasteiger partial charge on any atom is -0.462 e. The molecule has 0 saturated heterocycles. The molecule has 440 valence electrons. The first kappa shape index (κ1) is 72.8. The zero-order chi connectivity index (χ0) is 55.0. The molecule has 0 amide bonds. The van der Waals surface area contributed by atoms with Crippen molar-refractivity contribution in [2.75, 3.05) is 13.2 Å². The van der Waals surface area contributed by atoms with Crippen molar-refractivity contribution in [1.29, 1.82) is 0 Å². The molecule has 0 spiro atoms. The summed E-state index contributed by atoms with van der Waals surface area (Å²) in [5, 5.41) is 0. The van der Waals surface area contributed by atoms with Crippen molar-refractivity contribution < 1.29 is 28.6 Å². The van der Waals surface area contributed by atoms with Crippen molar-refractivity contribution in [2.45, 2.75) is 341 Å². The summed E-state index contributed by atoms with van der Waals surface area (Å²) < 4.78 is 16.9. The molecular formula is C70H124O6. The van der Waals surface area contributed by atoms with Gasteiger partial charge in [0.1, 0.15) is 13.2 Å². The maximum absolute atomic E-state index is 12.9. The summed E-state index contributed by atoms with van der Waals surface area (Å²) in [5.41, 5.74) is 0. The third kappa shape index (κ3) is 61.7. The van der Waals surface area contributed by atoms with E-state index in [0.717, 1.165) is 89.9 Å². The molecule has 6 nitrogen and oxygen atoms in total. The maximum atomic E-state index is 12.9. The van der Waals surface area contributed by atoms with Crippen LogP contribution in [0.1, 0.15) is 335 Å². The summed E-state index contributed by atoms with van der Waals surface area (Å²) in [6.07, 6.45) is 83.4. The molecule has 0 aromatic carbocycles. The number of ether oxygens (including phenoxy) is 3. The van der Waals surface area contributed by atoms with Crippen molar-refractivity contribution in [2.24, 2.45) is 0 Å². The molecule has 0 aliphatic carbocycles. The molecule has 6 heteroatoms. The fourth-order valence-corrected chi connectivity index (χ4v) is 9.48. The molecule has 0 aromatic rings. The Morgan fingerprint density at radius 1 is 0.276 bits per heavy atom. The molecule has 0 N–H and O–H groups in total. The largest absolute Gasteiger partial charge is 0.462 e. The van der Waals surface area contributed by atoms with Gasteiger partial charge in [0.2, 0.25) is 0 Å². The van der Waals surface area contributed by atoms with Crippen molar-refractivity contribution in [1.82, 2.24) is 0 Å². The van der Waals surface area contributed by atoms with Crippen LogP contribution in [0.25, 0.3) is 0 Å². The van der Waals surface area contributed by atoms with Gasteiger partial charge in [0.25, 0.3) is 0 Å². The van der Waals surface area contributed by atoms with Gasteiger partial charge in [0, 0.05) is 19.3 Å². The molecule has 0 bridgehead atoms. The molecular weight excluding hydrogens is 937 g/mol. The highest BCUT2D eigenvalue weighted by molar-refractivity contribution is 5.71. The Hall–Kier alpha value is -3.15. The maximum Gasteiger partial charge on any atom is 0.306 e. The van der Waals surface area contributed by atoms with Gasteiger partial charge in [0.05, 0.1) is 0 Å². The van der Waals surface area contributed by atoms with E-state index in [1.807, 2.05) is 0 Å². The minimum atomic E-state index is -0.779. The third-order valence-electron chi connectivity index (χ3n) is 14.4. The standard InChI is InChI=1S/C70H124O6/c1-4-7-10-13-16-19-22-25-27-29-31-32-33-34-35-36-37-38-40-41-43-45-48-51-54-57-60-63-69(72)75-66-67(65-74-68(71)62-59-56-53-50-47-24-21-18-15-12-9-6-3)76-70(73)64-61-58-55-52-49-46-44-42-39-30-28-26-23-20-17-14-11-8-5-2/h7,10,16,18-19,21,25-28,31-32,67H,4-6,8-9,11-15,17,20,22-24,29-30,33-66H2,1-3H3/b10-7-,19-16-,21-18-,27-25-,28-26-,32-31-. The zero-order valence-electron chi connectivity index (χ0n) is 50.5. The summed E-state index contributed by atoms with van der Waals surface area (Å²) in [6, 6.07) is 0. The molecule has 0 radical (unpaired) electrons. The lowest BCUT2D eigenvalue weighted by Gasteiger charge is -2.18. The van der Waals surface area contributed by atoms with Gasteiger partial charge in [-0.2, -0.15) is 0 Å². The quantitative estimate of drug-likeness (QED) is 0.0261. The Balaban J connectivity index is 4.24. The fourth-order valence-electron chi connectivity index (χ4n) is 9.48. The first-order valence-electron chi connectivity index (χ1n) is 32.9. The highest BCUT2D eigenvalue weighted by atomic mass is 16.6. The van der Waals surface area contributed by atoms with Crippen LogP contribution in [0, 0.1) is 0 Å². The van der Waals surface area contributed by atoms with Crippen LogP contribution in [0.2, 0.25) is 0 Å². The smallest absolute Gasteiger partial charge is 0.306 e. The van der Waals surface area contributed by atoms with E-state index < -0.39 is 6.10 Å². The molecule has 0 aromatic heterocycles. The Morgan fingerprint density at radius 3 is 0.842 bits per heavy atom. The minimum absolute atomic E-state index is 0.0763. The number of unbranched alkanes of at least 4 members (excludes halogenated alkanes) is 37. The number of hydrogen-bond donors (Lipinski definition) is 0. The van der Waals surface area contributed by atoms with E-state index in [1.54, 1.807) is 0 Å². The number of carbonyl (C=O) groups is 3. The SMILES string of the molecule is CC/C=C\C/C=C\C/C=C\C/C=C\CCCCCCCCCCCCCCCCC(=O)OCC(COC(=O)CCCCCCC/C=C\CCCCC)OC(=O)CCCCCCCCCCC/C=C\CCCCCCCC. The van der Waals surface area contributed by atoms with Crippen LogP contribution in [0.4, 0.5) is 0 Å². The van der Waals surface area contributed by atoms with Crippen molar-refractivity contribution in [3.8, 4) is 0 Å². The van der Waals surface area contributed by atoms with Crippen LogP contribution in [0.15, 0.2) is 72.9 Å². The van der Waals surface area contributed by atoms with E-state index in [4.69, 9.17) is 14.2 Å². The molecule has 0 aliphatic rings.